The average molecular weight is 482 g/mol. The average Bonchev–Trinajstić information content (AvgIpc) is 3.68. The second-order valence-corrected chi connectivity index (χ2v) is 9.49. The van der Waals surface area contributed by atoms with Crippen molar-refractivity contribution in [3.63, 3.8) is 0 Å². The van der Waals surface area contributed by atoms with Crippen molar-refractivity contribution in [2.45, 2.75) is 20.8 Å². The minimum Gasteiger partial charge on any atom is -0.424 e. The standard InChI is InChI=1S/C30H27BN6/c1-22-4-10-25(11-5-22)28-16-19-35(32-28)31(36-20-17-29(33-36)26-12-6-23(2)7-13-26)37-21-18-30(34-37)27-14-8-24(3)9-15-27/h4-21H,1-3H3/q-1. The predicted octanol–water partition coefficient (Wildman–Crippen LogP) is 6.13. The van der Waals surface area contributed by atoms with Crippen LogP contribution < -0.4 is 0 Å². The van der Waals surface area contributed by atoms with Gasteiger partial charge in [0.1, 0.15) is 0 Å². The molecule has 7 heteroatoms. The number of aromatic nitrogens is 6. The van der Waals surface area contributed by atoms with Gasteiger partial charge >= 0.3 is 0 Å². The maximum absolute atomic E-state index is 4.95. The Morgan fingerprint density at radius 1 is 0.405 bits per heavy atom. The van der Waals surface area contributed by atoms with Gasteiger partial charge in [0.25, 0.3) is 7.12 Å². The third-order valence-electron chi connectivity index (χ3n) is 6.58. The smallest absolute Gasteiger partial charge is 0.260 e. The summed E-state index contributed by atoms with van der Waals surface area (Å²) in [7, 11) is -0.405. The Balaban J connectivity index is 1.41. The van der Waals surface area contributed by atoms with E-state index in [2.05, 4.69) is 93.6 Å². The molecule has 1 radical (unpaired) electrons. The molecule has 6 aromatic rings. The fourth-order valence-corrected chi connectivity index (χ4v) is 4.40. The molecule has 0 saturated carbocycles. The van der Waals surface area contributed by atoms with Crippen LogP contribution in [0.3, 0.4) is 0 Å². The minimum atomic E-state index is -0.405. The topological polar surface area (TPSA) is 53.5 Å². The molecule has 0 fully saturated rings. The molecule has 6 nitrogen and oxygen atoms in total. The molecule has 0 aliphatic carbocycles. The first-order valence-corrected chi connectivity index (χ1v) is 12.4. The Labute approximate surface area is 217 Å². The Kier molecular flexibility index (Phi) is 5.81. The molecule has 3 aromatic heterocycles. The fourth-order valence-electron chi connectivity index (χ4n) is 4.40. The van der Waals surface area contributed by atoms with Crippen molar-refractivity contribution in [3.8, 4) is 33.8 Å². The van der Waals surface area contributed by atoms with E-state index in [-0.39, 0.29) is 0 Å². The first kappa shape index (κ1) is 22.8. The number of hydrogen-bond donors (Lipinski definition) is 0. The van der Waals surface area contributed by atoms with E-state index in [0.717, 1.165) is 33.8 Å². The summed E-state index contributed by atoms with van der Waals surface area (Å²) in [6.07, 6.45) is 5.96. The highest BCUT2D eigenvalue weighted by atomic mass is 15.4. The zero-order valence-corrected chi connectivity index (χ0v) is 21.2. The molecule has 3 aromatic carbocycles. The van der Waals surface area contributed by atoms with Gasteiger partial charge in [-0.2, -0.15) is 0 Å². The van der Waals surface area contributed by atoms with Crippen molar-refractivity contribution in [2.24, 2.45) is 0 Å². The van der Waals surface area contributed by atoms with Crippen molar-refractivity contribution in [1.82, 2.24) is 29.1 Å². The number of benzene rings is 3. The molecule has 37 heavy (non-hydrogen) atoms. The Morgan fingerprint density at radius 3 is 0.946 bits per heavy atom. The van der Waals surface area contributed by atoms with Gasteiger partial charge in [-0.3, -0.25) is 0 Å². The van der Waals surface area contributed by atoms with Crippen LogP contribution in [-0.2, 0) is 0 Å². The van der Waals surface area contributed by atoms with Gasteiger partial charge in [-0.15, -0.1) is 0 Å². The lowest BCUT2D eigenvalue weighted by Gasteiger charge is -2.29. The number of nitrogens with zero attached hydrogens (tertiary/aromatic N) is 6. The van der Waals surface area contributed by atoms with Gasteiger partial charge in [0.05, 0.1) is 17.1 Å². The van der Waals surface area contributed by atoms with Crippen LogP contribution in [0.15, 0.2) is 110 Å². The molecule has 0 aliphatic heterocycles. The molecule has 0 unspecified atom stereocenters. The fraction of sp³-hybridized carbons (Fsp3) is 0.100. The predicted molar refractivity (Wildman–Crippen MR) is 149 cm³/mol. The van der Waals surface area contributed by atoms with E-state index in [1.54, 1.807) is 0 Å². The summed E-state index contributed by atoms with van der Waals surface area (Å²) >= 11 is 0. The van der Waals surface area contributed by atoms with E-state index >= 15 is 0 Å². The first-order chi connectivity index (χ1) is 18.0. The van der Waals surface area contributed by atoms with E-state index < -0.39 is 7.12 Å². The summed E-state index contributed by atoms with van der Waals surface area (Å²) in [5, 5.41) is 14.8. The molecule has 0 N–H and O–H groups in total. The molecule has 3 heterocycles. The van der Waals surface area contributed by atoms with Crippen LogP contribution in [0.4, 0.5) is 0 Å². The van der Waals surface area contributed by atoms with Gasteiger partial charge in [0, 0.05) is 16.7 Å². The summed E-state index contributed by atoms with van der Waals surface area (Å²) in [4.78, 5) is 0. The van der Waals surface area contributed by atoms with Gasteiger partial charge in [0.15, 0.2) is 0 Å². The SMILES string of the molecule is Cc1ccc(-c2ccn([B-](n3ccc(-c4ccc(C)cc4)n3)n3ccc(-c4ccc(C)cc4)n3)n2)cc1. The zero-order chi connectivity index (χ0) is 25.4. The highest BCUT2D eigenvalue weighted by Gasteiger charge is 2.14. The lowest BCUT2D eigenvalue weighted by Crippen LogP contribution is -2.42. The van der Waals surface area contributed by atoms with Crippen molar-refractivity contribution in [1.29, 1.82) is 0 Å². The molecule has 181 valence electrons. The quantitative estimate of drug-likeness (QED) is 0.268. The van der Waals surface area contributed by atoms with Crippen molar-refractivity contribution >= 4 is 7.12 Å². The summed E-state index contributed by atoms with van der Waals surface area (Å²) < 4.78 is 5.73. The summed E-state index contributed by atoms with van der Waals surface area (Å²) in [6, 6.07) is 31.3. The second-order valence-electron chi connectivity index (χ2n) is 9.49. The summed E-state index contributed by atoms with van der Waals surface area (Å²) in [5.74, 6) is 0. The van der Waals surface area contributed by atoms with Crippen LogP contribution in [0, 0.1) is 20.8 Å². The molecule has 6 rings (SSSR count). The Bertz CT molecular complexity index is 1440. The number of hydrogen-bond acceptors (Lipinski definition) is 3. The maximum atomic E-state index is 4.95. The molecular weight excluding hydrogens is 455 g/mol. The van der Waals surface area contributed by atoms with Gasteiger partial charge in [-0.25, -0.2) is 15.3 Å². The third kappa shape index (κ3) is 4.63. The van der Waals surface area contributed by atoms with Gasteiger partial charge in [-0.1, -0.05) is 89.5 Å². The largest absolute Gasteiger partial charge is 0.424 e. The van der Waals surface area contributed by atoms with Gasteiger partial charge in [0.2, 0.25) is 0 Å². The monoisotopic (exact) mass is 482 g/mol. The Hall–Kier alpha value is -4.65. The Morgan fingerprint density at radius 2 is 0.676 bits per heavy atom. The third-order valence-corrected chi connectivity index (χ3v) is 6.58. The molecule has 0 spiro atoms. The number of rotatable bonds is 6. The van der Waals surface area contributed by atoms with E-state index in [0.29, 0.717) is 0 Å². The van der Waals surface area contributed by atoms with E-state index in [1.165, 1.54) is 16.7 Å². The summed E-state index contributed by atoms with van der Waals surface area (Å²) in [6.45, 7) is 6.27. The highest BCUT2D eigenvalue weighted by Crippen LogP contribution is 2.22. The molecule has 0 bridgehead atoms. The molecule has 0 atom stereocenters. The first-order valence-electron chi connectivity index (χ1n) is 12.4. The number of aryl methyl sites for hydroxylation is 3. The summed E-state index contributed by atoms with van der Waals surface area (Å²) in [5.41, 5.74) is 9.61. The lowest BCUT2D eigenvalue weighted by atomic mass is 9.96. The molecule has 0 amide bonds. The molecule has 0 aliphatic rings. The van der Waals surface area contributed by atoms with Crippen molar-refractivity contribution < 1.29 is 0 Å². The van der Waals surface area contributed by atoms with E-state index in [9.17, 15) is 0 Å². The van der Waals surface area contributed by atoms with Crippen LogP contribution in [0.5, 0.6) is 0 Å². The van der Waals surface area contributed by atoms with E-state index in [4.69, 9.17) is 15.3 Å². The van der Waals surface area contributed by atoms with Crippen LogP contribution in [0.2, 0.25) is 0 Å². The van der Waals surface area contributed by atoms with Crippen molar-refractivity contribution in [3.05, 3.63) is 126 Å². The van der Waals surface area contributed by atoms with E-state index in [1.807, 2.05) is 50.6 Å². The van der Waals surface area contributed by atoms with Crippen LogP contribution in [0.25, 0.3) is 33.8 Å². The normalized spacial score (nSPS) is 11.4. The lowest BCUT2D eigenvalue weighted by molar-refractivity contribution is 0.775. The van der Waals surface area contributed by atoms with Gasteiger partial charge in [-0.05, 0) is 57.6 Å². The highest BCUT2D eigenvalue weighted by molar-refractivity contribution is 6.52. The van der Waals surface area contributed by atoms with Crippen molar-refractivity contribution in [2.75, 3.05) is 0 Å². The van der Waals surface area contributed by atoms with Crippen LogP contribution in [0.1, 0.15) is 16.7 Å². The maximum Gasteiger partial charge on any atom is 0.260 e. The van der Waals surface area contributed by atoms with Crippen LogP contribution in [-0.4, -0.2) is 36.2 Å². The van der Waals surface area contributed by atoms with Gasteiger partial charge < -0.3 is 13.8 Å². The van der Waals surface area contributed by atoms with Crippen LogP contribution >= 0.6 is 0 Å². The zero-order valence-electron chi connectivity index (χ0n) is 21.2. The minimum absolute atomic E-state index is 0.405. The second kappa shape index (κ2) is 9.43. The molecule has 0 saturated heterocycles. The molecular formula is C30H27BN6-.